The molecule has 0 aliphatic rings. The molecule has 1 unspecified atom stereocenters. The number of hydrogen-bond acceptors (Lipinski definition) is 2. The second kappa shape index (κ2) is 7.55. The molecular weight excluding hydrogens is 320 g/mol. The van der Waals surface area contributed by atoms with E-state index in [-0.39, 0.29) is 10.4 Å². The molecule has 1 amide bonds. The van der Waals surface area contributed by atoms with Gasteiger partial charge in [-0.05, 0) is 25.0 Å². The molecule has 19 heavy (non-hydrogen) atoms. The van der Waals surface area contributed by atoms with Crippen LogP contribution in [-0.2, 0) is 4.74 Å². The zero-order valence-corrected chi connectivity index (χ0v) is 12.4. The number of aryl methyl sites for hydroxylation is 1. The molecule has 106 valence electrons. The predicted octanol–water partition coefficient (Wildman–Crippen LogP) is 2.80. The molecular formula is C13H16BrF2NO2. The largest absolute Gasteiger partial charge is 0.384 e. The lowest BCUT2D eigenvalue weighted by atomic mass is 10.1. The lowest BCUT2D eigenvalue weighted by Crippen LogP contribution is -2.28. The average molecular weight is 336 g/mol. The maximum atomic E-state index is 13.7. The SMILES string of the molecule is COCC(Br)CCNC(=O)c1c(F)ccc(C)c1F. The first-order chi connectivity index (χ1) is 8.97. The molecule has 1 aromatic rings. The fraction of sp³-hybridized carbons (Fsp3) is 0.462. The molecule has 1 rings (SSSR count). The number of rotatable bonds is 6. The fourth-order valence-electron chi connectivity index (χ4n) is 1.56. The number of benzene rings is 1. The van der Waals surface area contributed by atoms with Gasteiger partial charge in [0.05, 0.1) is 6.61 Å². The van der Waals surface area contributed by atoms with Crippen LogP contribution in [0.4, 0.5) is 8.78 Å². The highest BCUT2D eigenvalue weighted by atomic mass is 79.9. The van der Waals surface area contributed by atoms with Crippen molar-refractivity contribution in [1.29, 1.82) is 0 Å². The number of amides is 1. The van der Waals surface area contributed by atoms with Crippen LogP contribution < -0.4 is 5.32 Å². The monoisotopic (exact) mass is 335 g/mol. The van der Waals surface area contributed by atoms with E-state index in [4.69, 9.17) is 4.74 Å². The Labute approximate surface area is 119 Å². The first-order valence-electron chi connectivity index (χ1n) is 5.83. The van der Waals surface area contributed by atoms with Crippen LogP contribution in [0.2, 0.25) is 0 Å². The molecule has 0 aliphatic heterocycles. The summed E-state index contributed by atoms with van der Waals surface area (Å²) in [6, 6.07) is 2.39. The standard InChI is InChI=1S/C13H16BrF2NO2/c1-8-3-4-10(15)11(12(8)16)13(18)17-6-5-9(14)7-19-2/h3-4,9H,5-7H2,1-2H3,(H,17,18). The lowest BCUT2D eigenvalue weighted by molar-refractivity contribution is 0.0943. The molecule has 0 spiro atoms. The van der Waals surface area contributed by atoms with Gasteiger partial charge in [-0.1, -0.05) is 22.0 Å². The van der Waals surface area contributed by atoms with Gasteiger partial charge in [0.25, 0.3) is 5.91 Å². The van der Waals surface area contributed by atoms with Crippen LogP contribution in [-0.4, -0.2) is 31.0 Å². The molecule has 0 aliphatic carbocycles. The Balaban J connectivity index is 2.62. The summed E-state index contributed by atoms with van der Waals surface area (Å²) < 4.78 is 32.1. The van der Waals surface area contributed by atoms with Crippen molar-refractivity contribution in [3.05, 3.63) is 34.9 Å². The van der Waals surface area contributed by atoms with E-state index < -0.39 is 23.1 Å². The molecule has 0 fully saturated rings. The van der Waals surface area contributed by atoms with E-state index in [2.05, 4.69) is 21.2 Å². The highest BCUT2D eigenvalue weighted by Gasteiger charge is 2.18. The minimum absolute atomic E-state index is 0.0880. The zero-order chi connectivity index (χ0) is 14.4. The maximum Gasteiger partial charge on any atom is 0.257 e. The van der Waals surface area contributed by atoms with E-state index in [0.29, 0.717) is 19.6 Å². The Morgan fingerprint density at radius 2 is 2.16 bits per heavy atom. The van der Waals surface area contributed by atoms with Gasteiger partial charge < -0.3 is 10.1 Å². The Bertz CT molecular complexity index is 455. The van der Waals surface area contributed by atoms with E-state index in [1.54, 1.807) is 7.11 Å². The second-order valence-electron chi connectivity index (χ2n) is 4.15. The lowest BCUT2D eigenvalue weighted by Gasteiger charge is -2.11. The summed E-state index contributed by atoms with van der Waals surface area (Å²) in [5.74, 6) is -2.41. The number of nitrogens with one attached hydrogen (secondary N) is 1. The Morgan fingerprint density at radius 1 is 1.47 bits per heavy atom. The van der Waals surface area contributed by atoms with Crippen LogP contribution in [0.3, 0.4) is 0 Å². The predicted molar refractivity (Wildman–Crippen MR) is 72.6 cm³/mol. The van der Waals surface area contributed by atoms with Gasteiger partial charge in [0.15, 0.2) is 0 Å². The molecule has 3 nitrogen and oxygen atoms in total. The normalized spacial score (nSPS) is 12.3. The van der Waals surface area contributed by atoms with Crippen molar-refractivity contribution in [1.82, 2.24) is 5.32 Å². The summed E-state index contributed by atoms with van der Waals surface area (Å²) in [5, 5.41) is 2.49. The highest BCUT2D eigenvalue weighted by molar-refractivity contribution is 9.09. The number of carbonyl (C=O) groups excluding carboxylic acids is 1. The van der Waals surface area contributed by atoms with E-state index in [9.17, 15) is 13.6 Å². The van der Waals surface area contributed by atoms with Crippen molar-refractivity contribution < 1.29 is 18.3 Å². The summed E-state index contributed by atoms with van der Waals surface area (Å²) in [4.78, 5) is 11.8. The van der Waals surface area contributed by atoms with E-state index in [1.165, 1.54) is 13.0 Å². The van der Waals surface area contributed by atoms with E-state index >= 15 is 0 Å². The minimum atomic E-state index is -0.854. The first-order valence-corrected chi connectivity index (χ1v) is 6.74. The van der Waals surface area contributed by atoms with Gasteiger partial charge in [-0.2, -0.15) is 0 Å². The molecule has 6 heteroatoms. The van der Waals surface area contributed by atoms with E-state index in [0.717, 1.165) is 6.07 Å². The molecule has 0 bridgehead atoms. The summed E-state index contributed by atoms with van der Waals surface area (Å²) in [6.45, 7) is 2.30. The summed E-state index contributed by atoms with van der Waals surface area (Å²) >= 11 is 3.36. The van der Waals surface area contributed by atoms with Gasteiger partial charge in [-0.25, -0.2) is 8.78 Å². The molecule has 1 N–H and O–H groups in total. The summed E-state index contributed by atoms with van der Waals surface area (Å²) in [5.41, 5.74) is -0.290. The van der Waals surface area contributed by atoms with Gasteiger partial charge >= 0.3 is 0 Å². The van der Waals surface area contributed by atoms with Crippen molar-refractivity contribution in [2.75, 3.05) is 20.3 Å². The molecule has 0 radical (unpaired) electrons. The topological polar surface area (TPSA) is 38.3 Å². The number of halogens is 3. The Hall–Kier alpha value is -1.01. The van der Waals surface area contributed by atoms with Gasteiger partial charge in [-0.3, -0.25) is 4.79 Å². The number of hydrogen-bond donors (Lipinski definition) is 1. The highest BCUT2D eigenvalue weighted by Crippen LogP contribution is 2.16. The van der Waals surface area contributed by atoms with Crippen molar-refractivity contribution in [2.24, 2.45) is 0 Å². The summed E-state index contributed by atoms with van der Waals surface area (Å²) in [6.07, 6.45) is 0.606. The van der Waals surface area contributed by atoms with Gasteiger partial charge in [0.1, 0.15) is 17.2 Å². The van der Waals surface area contributed by atoms with Crippen molar-refractivity contribution in [3.63, 3.8) is 0 Å². The number of ether oxygens (including phenoxy) is 1. The minimum Gasteiger partial charge on any atom is -0.384 e. The molecule has 0 saturated heterocycles. The number of methoxy groups -OCH3 is 1. The van der Waals surface area contributed by atoms with Crippen molar-refractivity contribution >= 4 is 21.8 Å². The molecule has 0 heterocycles. The second-order valence-corrected chi connectivity index (χ2v) is 5.45. The van der Waals surface area contributed by atoms with Crippen LogP contribution in [0.5, 0.6) is 0 Å². The zero-order valence-electron chi connectivity index (χ0n) is 10.8. The summed E-state index contributed by atoms with van der Waals surface area (Å²) in [7, 11) is 1.57. The molecule has 1 aromatic carbocycles. The third kappa shape index (κ3) is 4.54. The van der Waals surface area contributed by atoms with E-state index in [1.807, 2.05) is 0 Å². The van der Waals surface area contributed by atoms with Gasteiger partial charge in [0, 0.05) is 18.5 Å². The van der Waals surface area contributed by atoms with Gasteiger partial charge in [-0.15, -0.1) is 0 Å². The molecule has 0 saturated carbocycles. The number of alkyl halides is 1. The Morgan fingerprint density at radius 3 is 2.79 bits per heavy atom. The molecule has 1 atom stereocenters. The van der Waals surface area contributed by atoms with Crippen LogP contribution in [0.15, 0.2) is 12.1 Å². The van der Waals surface area contributed by atoms with Crippen molar-refractivity contribution in [2.45, 2.75) is 18.2 Å². The third-order valence-corrected chi connectivity index (χ3v) is 3.32. The van der Waals surface area contributed by atoms with Crippen molar-refractivity contribution in [3.8, 4) is 0 Å². The smallest absolute Gasteiger partial charge is 0.257 e. The maximum absolute atomic E-state index is 13.7. The quantitative estimate of drug-likeness (QED) is 0.812. The fourth-order valence-corrected chi connectivity index (χ4v) is 2.05. The number of carbonyl (C=O) groups is 1. The third-order valence-electron chi connectivity index (χ3n) is 2.60. The van der Waals surface area contributed by atoms with Crippen LogP contribution in [0, 0.1) is 18.6 Å². The molecule has 0 aromatic heterocycles. The van der Waals surface area contributed by atoms with Crippen LogP contribution in [0.25, 0.3) is 0 Å². The Kier molecular flexibility index (Phi) is 6.37. The first kappa shape index (κ1) is 16.0. The van der Waals surface area contributed by atoms with Gasteiger partial charge in [0.2, 0.25) is 0 Å². The average Bonchev–Trinajstić information content (AvgIpc) is 2.35. The van der Waals surface area contributed by atoms with Crippen LogP contribution >= 0.6 is 15.9 Å². The van der Waals surface area contributed by atoms with Crippen LogP contribution in [0.1, 0.15) is 22.3 Å².